The van der Waals surface area contributed by atoms with Crippen LogP contribution in [-0.4, -0.2) is 46.5 Å². The summed E-state index contributed by atoms with van der Waals surface area (Å²) in [6.07, 6.45) is 2.54. The Morgan fingerprint density at radius 3 is 2.95 bits per heavy atom. The molecule has 21 heavy (non-hydrogen) atoms. The van der Waals surface area contributed by atoms with E-state index < -0.39 is 5.41 Å². The number of primary amides is 1. The van der Waals surface area contributed by atoms with Gasteiger partial charge in [0.25, 0.3) is 11.7 Å². The summed E-state index contributed by atoms with van der Waals surface area (Å²) in [5, 5.41) is 7.00. The molecule has 0 spiro atoms. The lowest BCUT2D eigenvalue weighted by atomic mass is 9.89. The summed E-state index contributed by atoms with van der Waals surface area (Å²) in [5.41, 5.74) is 4.71. The van der Waals surface area contributed by atoms with Crippen molar-refractivity contribution in [2.24, 2.45) is 11.1 Å². The van der Waals surface area contributed by atoms with E-state index in [0.29, 0.717) is 25.4 Å². The zero-order valence-electron chi connectivity index (χ0n) is 12.0. The van der Waals surface area contributed by atoms with Crippen molar-refractivity contribution in [1.29, 1.82) is 0 Å². The van der Waals surface area contributed by atoms with Crippen LogP contribution < -0.4 is 11.1 Å². The Balaban J connectivity index is 1.70. The minimum Gasteiger partial charge on any atom is -0.369 e. The molecule has 2 amide bonds. The van der Waals surface area contributed by atoms with Gasteiger partial charge in [-0.15, -0.1) is 0 Å². The van der Waals surface area contributed by atoms with E-state index in [0.717, 1.165) is 19.4 Å². The molecule has 2 aliphatic heterocycles. The van der Waals surface area contributed by atoms with Gasteiger partial charge in [0.2, 0.25) is 11.8 Å². The number of hydrogen-bond donors (Lipinski definition) is 2. The molecule has 8 heteroatoms. The van der Waals surface area contributed by atoms with Crippen molar-refractivity contribution in [1.82, 2.24) is 20.4 Å². The number of rotatable bonds is 3. The van der Waals surface area contributed by atoms with Crippen molar-refractivity contribution in [2.75, 3.05) is 19.6 Å². The Kier molecular flexibility index (Phi) is 3.40. The van der Waals surface area contributed by atoms with Gasteiger partial charge in [-0.3, -0.25) is 9.59 Å². The fraction of sp³-hybridized carbons (Fsp3) is 0.692. The molecular weight excluding hydrogens is 274 g/mol. The van der Waals surface area contributed by atoms with Gasteiger partial charge in [0.05, 0.1) is 11.5 Å². The van der Waals surface area contributed by atoms with Crippen LogP contribution in [0.25, 0.3) is 0 Å². The zero-order valence-corrected chi connectivity index (χ0v) is 12.0. The molecule has 2 atom stereocenters. The molecule has 2 aliphatic rings. The second kappa shape index (κ2) is 5.10. The number of nitrogens with two attached hydrogens (primary N) is 1. The quantitative estimate of drug-likeness (QED) is 0.799. The summed E-state index contributed by atoms with van der Waals surface area (Å²) in [7, 11) is 0. The predicted octanol–water partition coefficient (Wildman–Crippen LogP) is -0.168. The Bertz CT molecular complexity index is 566. The number of carbonyl (C=O) groups is 2. The normalized spacial score (nSPS) is 29.0. The Labute approximate surface area is 122 Å². The molecule has 0 aliphatic carbocycles. The fourth-order valence-electron chi connectivity index (χ4n) is 2.84. The fourth-order valence-corrected chi connectivity index (χ4v) is 2.84. The molecule has 0 bridgehead atoms. The van der Waals surface area contributed by atoms with Crippen molar-refractivity contribution < 1.29 is 14.1 Å². The van der Waals surface area contributed by atoms with Crippen LogP contribution in [0.15, 0.2) is 4.52 Å². The van der Waals surface area contributed by atoms with Gasteiger partial charge in [-0.1, -0.05) is 5.16 Å². The monoisotopic (exact) mass is 293 g/mol. The highest BCUT2D eigenvalue weighted by atomic mass is 16.5. The maximum Gasteiger partial charge on any atom is 0.295 e. The van der Waals surface area contributed by atoms with E-state index in [4.69, 9.17) is 10.3 Å². The molecule has 0 aromatic carbocycles. The number of likely N-dealkylation sites (tertiary alicyclic amines) is 1. The highest BCUT2D eigenvalue weighted by Crippen LogP contribution is 2.30. The lowest BCUT2D eigenvalue weighted by Gasteiger charge is -2.19. The van der Waals surface area contributed by atoms with E-state index in [2.05, 4.69) is 15.5 Å². The van der Waals surface area contributed by atoms with E-state index >= 15 is 0 Å². The highest BCUT2D eigenvalue weighted by Gasteiger charge is 2.41. The van der Waals surface area contributed by atoms with E-state index in [9.17, 15) is 9.59 Å². The molecular formula is C13H19N5O3. The molecule has 3 heterocycles. The molecule has 3 rings (SSSR count). The summed E-state index contributed by atoms with van der Waals surface area (Å²) >= 11 is 0. The van der Waals surface area contributed by atoms with Crippen LogP contribution in [0.2, 0.25) is 0 Å². The summed E-state index contributed by atoms with van der Waals surface area (Å²) in [6, 6.07) is 0.0357. The van der Waals surface area contributed by atoms with Gasteiger partial charge in [0.1, 0.15) is 0 Å². The third kappa shape index (κ3) is 2.51. The molecule has 1 aromatic rings. The highest BCUT2D eigenvalue weighted by molar-refractivity contribution is 5.91. The Morgan fingerprint density at radius 2 is 2.33 bits per heavy atom. The maximum atomic E-state index is 12.4. The van der Waals surface area contributed by atoms with Crippen LogP contribution >= 0.6 is 0 Å². The first kappa shape index (κ1) is 14.0. The van der Waals surface area contributed by atoms with E-state index in [-0.39, 0.29) is 23.7 Å². The zero-order chi connectivity index (χ0) is 15.0. The van der Waals surface area contributed by atoms with Crippen molar-refractivity contribution in [2.45, 2.75) is 32.2 Å². The molecule has 114 valence electrons. The number of carbonyl (C=O) groups excluding carboxylic acids is 2. The van der Waals surface area contributed by atoms with Gasteiger partial charge in [-0.05, 0) is 32.7 Å². The van der Waals surface area contributed by atoms with Gasteiger partial charge >= 0.3 is 0 Å². The number of nitrogens with zero attached hydrogens (tertiary/aromatic N) is 3. The molecule has 2 unspecified atom stereocenters. The Morgan fingerprint density at radius 1 is 1.52 bits per heavy atom. The average Bonchev–Trinajstić information content (AvgIpc) is 3.18. The third-order valence-electron chi connectivity index (χ3n) is 4.35. The van der Waals surface area contributed by atoms with Crippen LogP contribution in [0.3, 0.4) is 0 Å². The Hall–Kier alpha value is -1.96. The molecule has 3 N–H and O–H groups in total. The molecule has 8 nitrogen and oxygen atoms in total. The summed E-state index contributed by atoms with van der Waals surface area (Å²) in [6.45, 7) is 3.46. The minimum atomic E-state index is -0.671. The SMILES string of the molecule is CC1(C(N)=O)CCN(C(=O)c2noc(C3CCCN3)n2)C1. The van der Waals surface area contributed by atoms with Crippen molar-refractivity contribution >= 4 is 11.8 Å². The van der Waals surface area contributed by atoms with E-state index in [1.165, 1.54) is 0 Å². The van der Waals surface area contributed by atoms with Gasteiger partial charge in [-0.2, -0.15) is 4.98 Å². The largest absolute Gasteiger partial charge is 0.369 e. The first-order valence-electron chi connectivity index (χ1n) is 7.16. The van der Waals surface area contributed by atoms with Crippen LogP contribution in [0.4, 0.5) is 0 Å². The summed E-state index contributed by atoms with van der Waals surface area (Å²) in [5.74, 6) is -0.199. The van der Waals surface area contributed by atoms with Crippen LogP contribution in [-0.2, 0) is 4.79 Å². The summed E-state index contributed by atoms with van der Waals surface area (Å²) in [4.78, 5) is 29.5. The van der Waals surface area contributed by atoms with Crippen LogP contribution in [0.1, 0.15) is 48.7 Å². The van der Waals surface area contributed by atoms with Crippen LogP contribution in [0.5, 0.6) is 0 Å². The predicted molar refractivity (Wildman–Crippen MR) is 72.1 cm³/mol. The van der Waals surface area contributed by atoms with Crippen molar-refractivity contribution in [3.05, 3.63) is 11.7 Å². The maximum absolute atomic E-state index is 12.4. The number of amides is 2. The minimum absolute atomic E-state index is 0.0357. The van der Waals surface area contributed by atoms with Gasteiger partial charge in [0, 0.05) is 13.1 Å². The van der Waals surface area contributed by atoms with Crippen molar-refractivity contribution in [3.8, 4) is 0 Å². The first-order valence-corrected chi connectivity index (χ1v) is 7.16. The van der Waals surface area contributed by atoms with Crippen molar-refractivity contribution in [3.63, 3.8) is 0 Å². The number of aromatic nitrogens is 2. The van der Waals surface area contributed by atoms with E-state index in [1.54, 1.807) is 11.8 Å². The first-order chi connectivity index (χ1) is 9.99. The van der Waals surface area contributed by atoms with Gasteiger partial charge in [-0.25, -0.2) is 0 Å². The standard InChI is InChI=1S/C13H19N5O3/c1-13(12(14)20)4-6-18(7-13)11(19)9-16-10(21-17-9)8-3-2-5-15-8/h8,15H,2-7H2,1H3,(H2,14,20). The molecule has 0 saturated carbocycles. The second-order valence-electron chi connectivity index (χ2n) is 6.01. The second-order valence-corrected chi connectivity index (χ2v) is 6.01. The summed E-state index contributed by atoms with van der Waals surface area (Å²) < 4.78 is 5.17. The van der Waals surface area contributed by atoms with Crippen LogP contribution in [0, 0.1) is 5.41 Å². The third-order valence-corrected chi connectivity index (χ3v) is 4.35. The van der Waals surface area contributed by atoms with Gasteiger partial charge < -0.3 is 20.5 Å². The van der Waals surface area contributed by atoms with E-state index in [1.807, 2.05) is 0 Å². The lowest BCUT2D eigenvalue weighted by molar-refractivity contribution is -0.126. The molecule has 2 fully saturated rings. The number of hydrogen-bond acceptors (Lipinski definition) is 6. The topological polar surface area (TPSA) is 114 Å². The average molecular weight is 293 g/mol. The number of nitrogens with one attached hydrogen (secondary N) is 1. The molecule has 2 saturated heterocycles. The smallest absolute Gasteiger partial charge is 0.295 e. The lowest BCUT2D eigenvalue weighted by Crippen LogP contribution is -2.38. The van der Waals surface area contributed by atoms with Gasteiger partial charge in [0.15, 0.2) is 0 Å². The molecule has 0 radical (unpaired) electrons. The molecule has 1 aromatic heterocycles.